The van der Waals surface area contributed by atoms with Crippen LogP contribution in [0.15, 0.2) is 36.4 Å². The van der Waals surface area contributed by atoms with E-state index in [0.717, 1.165) is 11.1 Å². The van der Waals surface area contributed by atoms with E-state index in [9.17, 15) is 9.59 Å². The van der Waals surface area contributed by atoms with E-state index >= 15 is 0 Å². The molecule has 0 aliphatic heterocycles. The van der Waals surface area contributed by atoms with Crippen LogP contribution in [-0.2, 0) is 9.53 Å². The highest BCUT2D eigenvalue weighted by molar-refractivity contribution is 5.98. The van der Waals surface area contributed by atoms with Gasteiger partial charge in [-0.2, -0.15) is 0 Å². The Hall–Kier alpha value is -3.02. The highest BCUT2D eigenvalue weighted by Crippen LogP contribution is 2.27. The Morgan fingerprint density at radius 2 is 1.58 bits per heavy atom. The Labute approximate surface area is 152 Å². The second-order valence-corrected chi connectivity index (χ2v) is 5.69. The van der Waals surface area contributed by atoms with Crippen molar-refractivity contribution in [2.24, 2.45) is 0 Å². The van der Waals surface area contributed by atoms with E-state index in [4.69, 9.17) is 18.9 Å². The normalized spacial score (nSPS) is 10.2. The van der Waals surface area contributed by atoms with Crippen molar-refractivity contribution < 1.29 is 28.5 Å². The van der Waals surface area contributed by atoms with Crippen molar-refractivity contribution >= 4 is 11.8 Å². The molecule has 2 aromatic carbocycles. The molecule has 0 bridgehead atoms. The molecule has 6 nitrogen and oxygen atoms in total. The molecule has 0 saturated carbocycles. The van der Waals surface area contributed by atoms with Crippen LogP contribution < -0.4 is 14.2 Å². The Kier molecular flexibility index (Phi) is 6.60. The van der Waals surface area contributed by atoms with Gasteiger partial charge in [-0.1, -0.05) is 6.07 Å². The van der Waals surface area contributed by atoms with Crippen molar-refractivity contribution in [2.45, 2.75) is 13.8 Å². The lowest BCUT2D eigenvalue weighted by molar-refractivity contribution is -0.144. The maximum absolute atomic E-state index is 12.2. The van der Waals surface area contributed by atoms with Gasteiger partial charge in [-0.05, 0) is 55.3 Å². The molecule has 2 aromatic rings. The van der Waals surface area contributed by atoms with E-state index in [0.29, 0.717) is 22.8 Å². The Bertz CT molecular complexity index is 797. The van der Waals surface area contributed by atoms with Crippen molar-refractivity contribution in [3.05, 3.63) is 53.1 Å². The number of methoxy groups -OCH3 is 2. The smallest absolute Gasteiger partial charge is 0.344 e. The van der Waals surface area contributed by atoms with Gasteiger partial charge < -0.3 is 18.9 Å². The third-order valence-corrected chi connectivity index (χ3v) is 3.90. The van der Waals surface area contributed by atoms with E-state index in [2.05, 4.69) is 0 Å². The molecule has 0 unspecified atom stereocenters. The zero-order valence-corrected chi connectivity index (χ0v) is 15.3. The summed E-state index contributed by atoms with van der Waals surface area (Å²) in [5.41, 5.74) is 2.57. The number of hydrogen-bond acceptors (Lipinski definition) is 6. The number of ether oxygens (including phenoxy) is 4. The van der Waals surface area contributed by atoms with Gasteiger partial charge in [0, 0.05) is 5.56 Å². The number of rotatable bonds is 8. The van der Waals surface area contributed by atoms with Gasteiger partial charge in [0.2, 0.25) is 0 Å². The molecule has 0 amide bonds. The van der Waals surface area contributed by atoms with Crippen molar-refractivity contribution in [3.63, 3.8) is 0 Å². The van der Waals surface area contributed by atoms with E-state index in [1.807, 2.05) is 26.0 Å². The van der Waals surface area contributed by atoms with Crippen LogP contribution in [0.25, 0.3) is 0 Å². The van der Waals surface area contributed by atoms with Gasteiger partial charge in [0.15, 0.2) is 30.5 Å². The minimum atomic E-state index is -0.614. The second-order valence-electron chi connectivity index (χ2n) is 5.69. The predicted octanol–water partition coefficient (Wildman–Crippen LogP) is 3.13. The van der Waals surface area contributed by atoms with Crippen LogP contribution in [0.1, 0.15) is 21.5 Å². The summed E-state index contributed by atoms with van der Waals surface area (Å²) in [6, 6.07) is 10.3. The van der Waals surface area contributed by atoms with Crippen molar-refractivity contribution in [3.8, 4) is 17.2 Å². The molecule has 26 heavy (non-hydrogen) atoms. The zero-order valence-electron chi connectivity index (χ0n) is 15.3. The summed E-state index contributed by atoms with van der Waals surface area (Å²) < 4.78 is 20.6. The van der Waals surface area contributed by atoms with Gasteiger partial charge in [-0.25, -0.2) is 4.79 Å². The van der Waals surface area contributed by atoms with E-state index < -0.39 is 5.97 Å². The average Bonchev–Trinajstić information content (AvgIpc) is 2.66. The Morgan fingerprint density at radius 1 is 0.846 bits per heavy atom. The van der Waals surface area contributed by atoms with E-state index in [1.165, 1.54) is 14.2 Å². The summed E-state index contributed by atoms with van der Waals surface area (Å²) in [4.78, 5) is 23.9. The maximum Gasteiger partial charge on any atom is 0.344 e. The zero-order chi connectivity index (χ0) is 19.1. The van der Waals surface area contributed by atoms with Crippen LogP contribution >= 0.6 is 0 Å². The number of benzene rings is 2. The molecule has 0 heterocycles. The fraction of sp³-hybridized carbons (Fsp3) is 0.300. The highest BCUT2D eigenvalue weighted by Gasteiger charge is 2.13. The number of carbonyl (C=O) groups excluding carboxylic acids is 2. The number of esters is 1. The van der Waals surface area contributed by atoms with Crippen LogP contribution in [-0.4, -0.2) is 39.2 Å². The standard InChI is InChI=1S/C20H22O6/c1-13-5-7-16(9-14(13)2)25-12-20(22)26-11-17(21)15-6-8-18(23-3)19(10-15)24-4/h5-10H,11-12H2,1-4H3. The molecule has 138 valence electrons. The fourth-order valence-electron chi connectivity index (χ4n) is 2.23. The molecule has 0 N–H and O–H groups in total. The SMILES string of the molecule is COc1ccc(C(=O)COC(=O)COc2ccc(C)c(C)c2)cc1OC. The van der Waals surface area contributed by atoms with Crippen molar-refractivity contribution in [1.29, 1.82) is 0 Å². The second kappa shape index (κ2) is 8.89. The third-order valence-electron chi connectivity index (χ3n) is 3.90. The predicted molar refractivity (Wildman–Crippen MR) is 96.2 cm³/mol. The molecule has 0 aliphatic carbocycles. The van der Waals surface area contributed by atoms with Gasteiger partial charge in [-0.3, -0.25) is 4.79 Å². The van der Waals surface area contributed by atoms with Gasteiger partial charge in [-0.15, -0.1) is 0 Å². The molecule has 0 atom stereocenters. The number of Topliss-reactive ketones (excluding diaryl/α,β-unsaturated/α-hetero) is 1. The largest absolute Gasteiger partial charge is 0.493 e. The first kappa shape index (κ1) is 19.3. The molecule has 6 heteroatoms. The molecular weight excluding hydrogens is 336 g/mol. The lowest BCUT2D eigenvalue weighted by Gasteiger charge is -2.10. The maximum atomic E-state index is 12.2. The lowest BCUT2D eigenvalue weighted by Crippen LogP contribution is -2.19. The molecule has 0 fully saturated rings. The van der Waals surface area contributed by atoms with Gasteiger partial charge in [0.25, 0.3) is 0 Å². The summed E-state index contributed by atoms with van der Waals surface area (Å²) in [6.45, 7) is 3.32. The molecule has 0 aromatic heterocycles. The topological polar surface area (TPSA) is 71.1 Å². The number of ketones is 1. The third kappa shape index (κ3) is 4.99. The summed E-state index contributed by atoms with van der Waals surface area (Å²) in [5.74, 6) is 0.574. The summed E-state index contributed by atoms with van der Waals surface area (Å²) >= 11 is 0. The van der Waals surface area contributed by atoms with E-state index in [-0.39, 0.29) is 19.0 Å². The monoisotopic (exact) mass is 358 g/mol. The van der Waals surface area contributed by atoms with Crippen LogP contribution in [0.2, 0.25) is 0 Å². The van der Waals surface area contributed by atoms with Crippen LogP contribution in [0.4, 0.5) is 0 Å². The van der Waals surface area contributed by atoms with Gasteiger partial charge >= 0.3 is 5.97 Å². The van der Waals surface area contributed by atoms with E-state index in [1.54, 1.807) is 24.3 Å². The van der Waals surface area contributed by atoms with Gasteiger partial charge in [0.1, 0.15) is 5.75 Å². The van der Waals surface area contributed by atoms with Crippen LogP contribution in [0.3, 0.4) is 0 Å². The summed E-state index contributed by atoms with van der Waals surface area (Å²) in [7, 11) is 2.99. The molecule has 2 rings (SSSR count). The minimum Gasteiger partial charge on any atom is -0.493 e. The Morgan fingerprint density at radius 3 is 2.23 bits per heavy atom. The first-order chi connectivity index (χ1) is 12.4. The lowest BCUT2D eigenvalue weighted by atomic mass is 10.1. The molecule has 0 spiro atoms. The van der Waals surface area contributed by atoms with Gasteiger partial charge in [0.05, 0.1) is 14.2 Å². The number of hydrogen-bond donors (Lipinski definition) is 0. The molecule has 0 radical (unpaired) electrons. The highest BCUT2D eigenvalue weighted by atomic mass is 16.6. The van der Waals surface area contributed by atoms with Crippen molar-refractivity contribution in [2.75, 3.05) is 27.4 Å². The van der Waals surface area contributed by atoms with Crippen molar-refractivity contribution in [1.82, 2.24) is 0 Å². The summed E-state index contributed by atoms with van der Waals surface area (Å²) in [5, 5.41) is 0. The fourth-order valence-corrected chi connectivity index (χ4v) is 2.23. The van der Waals surface area contributed by atoms with Crippen LogP contribution in [0.5, 0.6) is 17.2 Å². The number of carbonyl (C=O) groups is 2. The van der Waals surface area contributed by atoms with Crippen LogP contribution in [0, 0.1) is 13.8 Å². The first-order valence-electron chi connectivity index (χ1n) is 8.05. The number of aryl methyl sites for hydroxylation is 2. The first-order valence-corrected chi connectivity index (χ1v) is 8.05. The minimum absolute atomic E-state index is 0.262. The molecule has 0 aliphatic rings. The quantitative estimate of drug-likeness (QED) is 0.533. The average molecular weight is 358 g/mol. The summed E-state index contributed by atoms with van der Waals surface area (Å²) in [6.07, 6.45) is 0. The molecule has 0 saturated heterocycles. The Balaban J connectivity index is 1.86. The molecular formula is C20H22O6.